The average Bonchev–Trinajstić information content (AvgIpc) is 1.96. The molecule has 19 nitrogen and oxygen atoms in total. The molecule has 1 fully saturated rings. The number of imide groups is 1. The van der Waals surface area contributed by atoms with Crippen LogP contribution in [-0.2, 0) is 58.4 Å². The molecule has 4 aliphatic heterocycles. The number of aryl methyl sites for hydroxylation is 1. The number of carbonyl (C=O) groups excluding carboxylic acids is 9. The van der Waals surface area contributed by atoms with Crippen molar-refractivity contribution in [2.45, 2.75) is 126 Å². The van der Waals surface area contributed by atoms with Crippen LogP contribution in [0.3, 0.4) is 0 Å². The summed E-state index contributed by atoms with van der Waals surface area (Å²) < 4.78 is 43.2. The number of anilines is 1. The van der Waals surface area contributed by atoms with Crippen molar-refractivity contribution in [2.24, 2.45) is 5.73 Å². The number of nitrogens with one attached hydrogen (secondary N) is 3. The summed E-state index contributed by atoms with van der Waals surface area (Å²) in [4.78, 5) is 145. The lowest BCUT2D eigenvalue weighted by Crippen LogP contribution is -2.56. The molecule has 10 rings (SSSR count). The first-order valence-corrected chi connectivity index (χ1v) is 29.7. The van der Waals surface area contributed by atoms with Crippen LogP contribution in [0.25, 0.3) is 10.9 Å². The predicted octanol–water partition coefficient (Wildman–Crippen LogP) is 6.82. The molecule has 5 heterocycles. The van der Waals surface area contributed by atoms with Crippen molar-refractivity contribution in [3.8, 4) is 11.8 Å². The molecule has 0 saturated carbocycles. The number of hydrogen-bond acceptors (Lipinski definition) is 10. The lowest BCUT2D eigenvalue weighted by atomic mass is 9.85. The number of carbonyl (C=O) groups is 9. The van der Waals surface area contributed by atoms with Crippen molar-refractivity contribution in [3.63, 3.8) is 0 Å². The molecule has 4 atom stereocenters. The van der Waals surface area contributed by atoms with Crippen molar-refractivity contribution >= 4 is 77.2 Å². The number of hydrogen-bond donors (Lipinski definition) is 6. The summed E-state index contributed by atoms with van der Waals surface area (Å²) in [5.74, 6) is 0.523. The normalized spacial score (nSPS) is 17.8. The SMILES string of the molecule is NC(=O)CC[C@H](NC(=O)[C@@H]1Cc2cccc3c2N1C(=O)[C@@H](NC(=O)c1cc2cc(C(F)(F)P(=O)(O)O)ccc2n1C(=O)CCCCCC#Cc1cccc2c1CN(C1CCC(=O)NC1=O)C2=O)CC3)C(=O)CC(c1ccccc1)c1ccccc1. The van der Waals surface area contributed by atoms with Crippen LogP contribution in [0.5, 0.6) is 0 Å². The number of para-hydroxylation sites is 1. The van der Waals surface area contributed by atoms with Gasteiger partial charge in [-0.3, -0.25) is 62.5 Å². The predicted molar refractivity (Wildman–Crippen MR) is 307 cm³/mol. The van der Waals surface area contributed by atoms with Crippen molar-refractivity contribution in [2.75, 3.05) is 4.90 Å². The van der Waals surface area contributed by atoms with Gasteiger partial charge >= 0.3 is 13.3 Å². The smallest absolute Gasteiger partial charge is 0.370 e. The minimum atomic E-state index is -6.04. The Bertz CT molecular complexity index is 3780. The zero-order valence-electron chi connectivity index (χ0n) is 45.9. The zero-order valence-corrected chi connectivity index (χ0v) is 46.8. The number of halogens is 2. The van der Waals surface area contributed by atoms with Crippen molar-refractivity contribution < 1.29 is 66.3 Å². The van der Waals surface area contributed by atoms with Gasteiger partial charge < -0.3 is 31.1 Å². The fourth-order valence-electron chi connectivity index (χ4n) is 11.9. The minimum absolute atomic E-state index is 0.0212. The van der Waals surface area contributed by atoms with Gasteiger partial charge in [-0.2, -0.15) is 8.78 Å². The van der Waals surface area contributed by atoms with E-state index in [1.54, 1.807) is 36.4 Å². The average molecular weight is 1180 g/mol. The molecule has 0 bridgehead atoms. The first-order valence-electron chi connectivity index (χ1n) is 28.0. The summed E-state index contributed by atoms with van der Waals surface area (Å²) in [6.45, 7) is 0.151. The number of fused-ring (bicyclic) bond motifs is 2. The number of alkyl halides is 2. The number of amides is 7. The van der Waals surface area contributed by atoms with Crippen LogP contribution in [0.2, 0.25) is 0 Å². The highest BCUT2D eigenvalue weighted by Crippen LogP contribution is 2.59. The quantitative estimate of drug-likeness (QED) is 0.0199. The van der Waals surface area contributed by atoms with Crippen LogP contribution >= 0.6 is 7.60 Å². The third-order valence-corrected chi connectivity index (χ3v) is 17.2. The Hall–Kier alpha value is -8.96. The van der Waals surface area contributed by atoms with E-state index in [1.165, 1.54) is 9.80 Å². The monoisotopic (exact) mass is 1180 g/mol. The van der Waals surface area contributed by atoms with Crippen LogP contribution in [0, 0.1) is 11.8 Å². The molecule has 1 aromatic heterocycles. The summed E-state index contributed by atoms with van der Waals surface area (Å²) >= 11 is 0. The molecule has 22 heteroatoms. The van der Waals surface area contributed by atoms with E-state index >= 15 is 8.78 Å². The Labute approximate surface area is 486 Å². The summed E-state index contributed by atoms with van der Waals surface area (Å²) in [6.07, 6.45) is 1.74. The Balaban J connectivity index is 0.852. The van der Waals surface area contributed by atoms with Gasteiger partial charge in [0.2, 0.25) is 35.4 Å². The Morgan fingerprint density at radius 2 is 1.52 bits per heavy atom. The van der Waals surface area contributed by atoms with Crippen LogP contribution in [0.4, 0.5) is 14.5 Å². The number of nitrogens with two attached hydrogens (primary N) is 1. The van der Waals surface area contributed by atoms with Gasteiger partial charge in [-0.25, -0.2) is 0 Å². The number of benzene rings is 5. The number of primary amides is 1. The van der Waals surface area contributed by atoms with Gasteiger partial charge in [0.1, 0.15) is 23.8 Å². The molecule has 0 radical (unpaired) electrons. The van der Waals surface area contributed by atoms with Gasteiger partial charge in [0.25, 0.3) is 11.8 Å². The van der Waals surface area contributed by atoms with Crippen molar-refractivity contribution in [1.82, 2.24) is 25.4 Å². The lowest BCUT2D eigenvalue weighted by Gasteiger charge is -2.29. The Kier molecular flexibility index (Phi) is 17.2. The summed E-state index contributed by atoms with van der Waals surface area (Å²) in [6, 6.07) is 28.4. The zero-order chi connectivity index (χ0) is 60.3. The van der Waals surface area contributed by atoms with Gasteiger partial charge in [0.05, 0.1) is 17.2 Å². The third kappa shape index (κ3) is 12.4. The molecule has 438 valence electrons. The Morgan fingerprint density at radius 3 is 2.21 bits per heavy atom. The molecule has 1 unspecified atom stereocenters. The fourth-order valence-corrected chi connectivity index (χ4v) is 12.3. The van der Waals surface area contributed by atoms with Gasteiger partial charge in [-0.15, -0.1) is 0 Å². The maximum atomic E-state index is 15.1. The first kappa shape index (κ1) is 59.2. The highest BCUT2D eigenvalue weighted by molar-refractivity contribution is 7.52. The molecule has 7 amide bonds. The number of nitrogens with zero attached hydrogens (tertiary/aromatic N) is 3. The molecule has 6 aromatic rings. The molecule has 5 aromatic carbocycles. The van der Waals surface area contributed by atoms with E-state index in [1.807, 2.05) is 60.7 Å². The topological polar surface area (TPSA) is 285 Å². The van der Waals surface area contributed by atoms with Gasteiger partial charge in [-0.1, -0.05) is 109 Å². The van der Waals surface area contributed by atoms with Gasteiger partial charge in [0, 0.05) is 73.1 Å². The molecule has 4 aliphatic rings. The molecular weight excluding hydrogens is 1120 g/mol. The highest BCUT2D eigenvalue weighted by atomic mass is 31.2. The lowest BCUT2D eigenvalue weighted by molar-refractivity contribution is -0.137. The molecule has 0 spiro atoms. The summed E-state index contributed by atoms with van der Waals surface area (Å²) in [5.41, 5.74) is 4.69. The van der Waals surface area contributed by atoms with Crippen LogP contribution in [-0.4, -0.2) is 96.5 Å². The molecule has 85 heavy (non-hydrogen) atoms. The largest absolute Gasteiger partial charge is 0.399 e. The van der Waals surface area contributed by atoms with E-state index in [2.05, 4.69) is 27.8 Å². The van der Waals surface area contributed by atoms with Crippen LogP contribution in [0.1, 0.15) is 141 Å². The van der Waals surface area contributed by atoms with E-state index in [9.17, 15) is 57.5 Å². The van der Waals surface area contributed by atoms with Crippen LogP contribution < -0.4 is 26.6 Å². The van der Waals surface area contributed by atoms with Crippen molar-refractivity contribution in [3.05, 3.63) is 172 Å². The number of unbranched alkanes of at least 4 members (excludes halogenated alkanes) is 3. The van der Waals surface area contributed by atoms with E-state index in [4.69, 9.17) is 5.73 Å². The standard InChI is InChI=1S/C63H60F2N7O12P/c64-63(65,85(82,83)84)43-25-28-49-42(32-43)34-51(71(49)56(76)23-11-3-1-2-6-18-39-19-13-22-44-46(39)36-70(61(44)80)50-29-31-55(75)69-58(50)77)59(78)68-48-26-24-40-20-12-21-41-33-52(72(57(40)41)62(48)81)60(79)67-47(27-30-54(66)74)53(73)35-45(37-14-7-4-8-15-37)38-16-9-5-10-17-38/h4-5,7-10,12-17,19-22,25,28,32,34,45,47-48,50,52H,1-3,11,23-24,26-27,29-31,33,35-36H2,(H2,66,74)(H,67,79)(H,68,78)(H,69,75,77)(H2,82,83,84)/t47-,48-,50?,52-/m0/s1. The number of Topliss-reactive ketones (excluding diaryl/α,β-unsaturated/α-hetero) is 1. The highest BCUT2D eigenvalue weighted by Gasteiger charge is 2.51. The Morgan fingerprint density at radius 1 is 0.812 bits per heavy atom. The molecule has 0 aliphatic carbocycles. The van der Waals surface area contributed by atoms with Gasteiger partial charge in [0.15, 0.2) is 5.78 Å². The summed E-state index contributed by atoms with van der Waals surface area (Å²) in [7, 11) is -6.04. The second-order valence-electron chi connectivity index (χ2n) is 21.7. The maximum Gasteiger partial charge on any atom is 0.399 e. The molecular formula is C63H60F2N7O12P. The fraction of sp³-hybridized carbons (Fsp3) is 0.317. The second kappa shape index (κ2) is 24.7. The number of aromatic nitrogens is 1. The van der Waals surface area contributed by atoms with Crippen LogP contribution in [0.15, 0.2) is 121 Å². The van der Waals surface area contributed by atoms with Crippen molar-refractivity contribution in [1.29, 1.82) is 0 Å². The first-order chi connectivity index (χ1) is 40.7. The van der Waals surface area contributed by atoms with E-state index < -0.39 is 90.3 Å². The van der Waals surface area contributed by atoms with E-state index in [0.29, 0.717) is 52.8 Å². The number of rotatable bonds is 20. The second-order valence-corrected chi connectivity index (χ2v) is 23.4. The van der Waals surface area contributed by atoms with E-state index in [-0.39, 0.29) is 99.0 Å². The maximum absolute atomic E-state index is 15.1. The van der Waals surface area contributed by atoms with E-state index in [0.717, 1.165) is 40.0 Å². The molecule has 7 N–H and O–H groups in total. The number of piperidine rings is 1. The molecule has 1 saturated heterocycles. The third-order valence-electron chi connectivity index (χ3n) is 16.2. The minimum Gasteiger partial charge on any atom is -0.370 e. The van der Waals surface area contributed by atoms with Gasteiger partial charge in [-0.05, 0) is 96.7 Å². The number of ketones is 1. The summed E-state index contributed by atoms with van der Waals surface area (Å²) in [5, 5.41) is 7.75.